The standard InChI is InChI=1S/C19H22N4O2/c1-14-19(15(2)25-21-14)13-22-10-16-5-4-8-23(16)12-18(11-22)24-17-6-3-7-20-9-17/h3-9,18H,10-13H2,1-2H3/t18-/m0/s1. The molecule has 3 aromatic rings. The minimum Gasteiger partial charge on any atom is -0.486 e. The van der Waals surface area contributed by atoms with Gasteiger partial charge in [0, 0.05) is 43.3 Å². The molecule has 0 N–H and O–H groups in total. The van der Waals surface area contributed by atoms with Crippen LogP contribution in [-0.2, 0) is 19.6 Å². The summed E-state index contributed by atoms with van der Waals surface area (Å²) < 4.78 is 13.8. The maximum absolute atomic E-state index is 6.21. The van der Waals surface area contributed by atoms with Crippen molar-refractivity contribution in [3.8, 4) is 5.75 Å². The van der Waals surface area contributed by atoms with Gasteiger partial charge in [0.05, 0.1) is 18.4 Å². The lowest BCUT2D eigenvalue weighted by atomic mass is 10.2. The molecular weight excluding hydrogens is 316 g/mol. The van der Waals surface area contributed by atoms with Crippen molar-refractivity contribution in [1.82, 2.24) is 19.6 Å². The number of hydrogen-bond acceptors (Lipinski definition) is 5. The van der Waals surface area contributed by atoms with E-state index in [2.05, 4.69) is 37.9 Å². The molecule has 0 aromatic carbocycles. The summed E-state index contributed by atoms with van der Waals surface area (Å²) in [6.45, 7) is 7.31. The van der Waals surface area contributed by atoms with Crippen molar-refractivity contribution < 1.29 is 9.26 Å². The van der Waals surface area contributed by atoms with E-state index in [0.29, 0.717) is 0 Å². The SMILES string of the molecule is Cc1noc(C)c1CN1Cc2cccn2C[C@@H](Oc2cccnc2)C1. The number of fused-ring (bicyclic) bond motifs is 1. The maximum Gasteiger partial charge on any atom is 0.138 e. The molecule has 0 saturated carbocycles. The Kier molecular flexibility index (Phi) is 4.28. The molecule has 0 aliphatic carbocycles. The highest BCUT2D eigenvalue weighted by Crippen LogP contribution is 2.22. The third-order valence-electron chi connectivity index (χ3n) is 4.67. The van der Waals surface area contributed by atoms with Gasteiger partial charge in [-0.15, -0.1) is 0 Å². The maximum atomic E-state index is 6.21. The summed E-state index contributed by atoms with van der Waals surface area (Å²) in [6, 6.07) is 8.12. The van der Waals surface area contributed by atoms with E-state index < -0.39 is 0 Å². The molecule has 4 heterocycles. The fourth-order valence-corrected chi connectivity index (χ4v) is 3.39. The lowest BCUT2D eigenvalue weighted by molar-refractivity contribution is 0.123. The molecule has 1 aliphatic rings. The van der Waals surface area contributed by atoms with Crippen LogP contribution in [0.15, 0.2) is 47.4 Å². The van der Waals surface area contributed by atoms with Crippen LogP contribution in [0, 0.1) is 13.8 Å². The van der Waals surface area contributed by atoms with Gasteiger partial charge >= 0.3 is 0 Å². The topological polar surface area (TPSA) is 56.3 Å². The zero-order chi connectivity index (χ0) is 17.2. The van der Waals surface area contributed by atoms with Gasteiger partial charge in [-0.25, -0.2) is 0 Å². The number of pyridine rings is 1. The van der Waals surface area contributed by atoms with Crippen LogP contribution >= 0.6 is 0 Å². The van der Waals surface area contributed by atoms with E-state index >= 15 is 0 Å². The predicted octanol–water partition coefficient (Wildman–Crippen LogP) is 2.95. The summed E-state index contributed by atoms with van der Waals surface area (Å²) in [5.74, 6) is 1.70. The minimum absolute atomic E-state index is 0.0540. The van der Waals surface area contributed by atoms with E-state index in [-0.39, 0.29) is 6.10 Å². The van der Waals surface area contributed by atoms with Gasteiger partial charge in [-0.3, -0.25) is 9.88 Å². The molecule has 0 spiro atoms. The number of hydrogen-bond donors (Lipinski definition) is 0. The first-order valence-corrected chi connectivity index (χ1v) is 8.54. The van der Waals surface area contributed by atoms with Crippen LogP contribution in [0.25, 0.3) is 0 Å². The van der Waals surface area contributed by atoms with Gasteiger partial charge in [-0.1, -0.05) is 5.16 Å². The van der Waals surface area contributed by atoms with Gasteiger partial charge in [0.2, 0.25) is 0 Å². The number of aromatic nitrogens is 3. The normalized spacial score (nSPS) is 17.9. The second kappa shape index (κ2) is 6.72. The van der Waals surface area contributed by atoms with Gasteiger partial charge in [-0.05, 0) is 38.1 Å². The summed E-state index contributed by atoms with van der Waals surface area (Å²) in [6.07, 6.45) is 5.70. The highest BCUT2D eigenvalue weighted by molar-refractivity contribution is 5.21. The zero-order valence-corrected chi connectivity index (χ0v) is 14.6. The first kappa shape index (κ1) is 15.9. The fourth-order valence-electron chi connectivity index (χ4n) is 3.39. The van der Waals surface area contributed by atoms with E-state index in [9.17, 15) is 0 Å². The molecule has 0 fully saturated rings. The van der Waals surface area contributed by atoms with Crippen LogP contribution in [0.5, 0.6) is 5.75 Å². The van der Waals surface area contributed by atoms with Crippen molar-refractivity contribution in [3.05, 3.63) is 65.6 Å². The van der Waals surface area contributed by atoms with Crippen LogP contribution in [0.1, 0.15) is 22.7 Å². The Labute approximate surface area is 147 Å². The van der Waals surface area contributed by atoms with Crippen LogP contribution in [0.2, 0.25) is 0 Å². The summed E-state index contributed by atoms with van der Waals surface area (Å²) in [5.41, 5.74) is 3.42. The van der Waals surface area contributed by atoms with Gasteiger partial charge in [0.25, 0.3) is 0 Å². The van der Waals surface area contributed by atoms with Crippen molar-refractivity contribution in [2.75, 3.05) is 6.54 Å². The zero-order valence-electron chi connectivity index (χ0n) is 14.6. The molecule has 0 saturated heterocycles. The van der Waals surface area contributed by atoms with Gasteiger partial charge in [-0.2, -0.15) is 0 Å². The summed E-state index contributed by atoms with van der Waals surface area (Å²) in [4.78, 5) is 6.54. The van der Waals surface area contributed by atoms with Gasteiger partial charge < -0.3 is 13.8 Å². The first-order valence-electron chi connectivity index (χ1n) is 8.54. The summed E-state index contributed by atoms with van der Waals surface area (Å²) in [7, 11) is 0. The molecule has 0 radical (unpaired) electrons. The molecule has 1 atom stereocenters. The Morgan fingerprint density at radius 2 is 2.16 bits per heavy atom. The van der Waals surface area contributed by atoms with Crippen LogP contribution in [0.4, 0.5) is 0 Å². The Morgan fingerprint density at radius 3 is 2.92 bits per heavy atom. The highest BCUT2D eigenvalue weighted by atomic mass is 16.5. The molecule has 6 nitrogen and oxygen atoms in total. The van der Waals surface area contributed by atoms with Crippen molar-refractivity contribution in [2.45, 2.75) is 39.6 Å². The highest BCUT2D eigenvalue weighted by Gasteiger charge is 2.24. The smallest absolute Gasteiger partial charge is 0.138 e. The molecule has 130 valence electrons. The van der Waals surface area contributed by atoms with E-state index in [1.807, 2.05) is 26.0 Å². The van der Waals surface area contributed by atoms with Crippen LogP contribution in [-0.4, -0.2) is 32.3 Å². The molecule has 0 amide bonds. The number of rotatable bonds is 4. The van der Waals surface area contributed by atoms with Crippen molar-refractivity contribution >= 4 is 0 Å². The molecule has 4 rings (SSSR count). The van der Waals surface area contributed by atoms with Crippen molar-refractivity contribution in [3.63, 3.8) is 0 Å². The molecule has 1 aliphatic heterocycles. The number of ether oxygens (including phenoxy) is 1. The Morgan fingerprint density at radius 1 is 1.24 bits per heavy atom. The predicted molar refractivity (Wildman–Crippen MR) is 93.2 cm³/mol. The van der Waals surface area contributed by atoms with Gasteiger partial charge in [0.15, 0.2) is 0 Å². The molecule has 6 heteroatoms. The number of aryl methyl sites for hydroxylation is 2. The summed E-state index contributed by atoms with van der Waals surface area (Å²) in [5, 5.41) is 4.08. The molecule has 25 heavy (non-hydrogen) atoms. The van der Waals surface area contributed by atoms with Crippen molar-refractivity contribution in [2.24, 2.45) is 0 Å². The van der Waals surface area contributed by atoms with Crippen LogP contribution < -0.4 is 4.74 Å². The number of nitrogens with zero attached hydrogens (tertiary/aromatic N) is 4. The molecular formula is C19H22N4O2. The fraction of sp³-hybridized carbons (Fsp3) is 0.368. The second-order valence-corrected chi connectivity index (χ2v) is 6.55. The third kappa shape index (κ3) is 3.44. The van der Waals surface area contributed by atoms with E-state index in [0.717, 1.165) is 43.4 Å². The third-order valence-corrected chi connectivity index (χ3v) is 4.67. The molecule has 0 bridgehead atoms. The van der Waals surface area contributed by atoms with E-state index in [4.69, 9.17) is 9.26 Å². The lowest BCUT2D eigenvalue weighted by Gasteiger charge is -2.24. The quantitative estimate of drug-likeness (QED) is 0.732. The largest absolute Gasteiger partial charge is 0.486 e. The van der Waals surface area contributed by atoms with E-state index in [1.54, 1.807) is 12.4 Å². The Bertz CT molecular complexity index is 821. The monoisotopic (exact) mass is 338 g/mol. The Hall–Kier alpha value is -2.60. The lowest BCUT2D eigenvalue weighted by Crippen LogP contribution is -2.34. The summed E-state index contributed by atoms with van der Waals surface area (Å²) >= 11 is 0. The van der Waals surface area contributed by atoms with Gasteiger partial charge in [0.1, 0.15) is 17.6 Å². The molecule has 3 aromatic heterocycles. The van der Waals surface area contributed by atoms with Crippen LogP contribution in [0.3, 0.4) is 0 Å². The van der Waals surface area contributed by atoms with E-state index in [1.165, 1.54) is 11.3 Å². The average molecular weight is 338 g/mol. The minimum atomic E-state index is 0.0540. The Balaban J connectivity index is 1.57. The molecule has 0 unspecified atom stereocenters. The first-order chi connectivity index (χ1) is 12.2. The second-order valence-electron chi connectivity index (χ2n) is 6.55. The average Bonchev–Trinajstić information content (AvgIpc) is 3.12. The van der Waals surface area contributed by atoms with Crippen molar-refractivity contribution in [1.29, 1.82) is 0 Å².